The van der Waals surface area contributed by atoms with E-state index in [0.29, 0.717) is 6.10 Å². The molecule has 2 heteroatoms. The molecule has 0 bridgehead atoms. The third-order valence-electron chi connectivity index (χ3n) is 4.25. The monoisotopic (exact) mass is 255 g/mol. The van der Waals surface area contributed by atoms with Crippen LogP contribution in [0.5, 0.6) is 5.75 Å². The first kappa shape index (κ1) is 12.5. The highest BCUT2D eigenvalue weighted by Gasteiger charge is 2.21. The number of hydrogen-bond acceptors (Lipinski definition) is 2. The van der Waals surface area contributed by atoms with Crippen LogP contribution in [0.2, 0.25) is 0 Å². The van der Waals surface area contributed by atoms with Gasteiger partial charge in [0, 0.05) is 11.6 Å². The van der Waals surface area contributed by atoms with E-state index in [1.807, 2.05) is 24.4 Å². The molecule has 1 saturated carbocycles. The van der Waals surface area contributed by atoms with Crippen LogP contribution in [0, 0.1) is 5.92 Å². The predicted molar refractivity (Wildman–Crippen MR) is 78.4 cm³/mol. The molecule has 0 atom stereocenters. The first-order valence-corrected chi connectivity index (χ1v) is 7.36. The summed E-state index contributed by atoms with van der Waals surface area (Å²) in [6, 6.07) is 10.2. The summed E-state index contributed by atoms with van der Waals surface area (Å²) in [6.45, 7) is 2.29. The van der Waals surface area contributed by atoms with Gasteiger partial charge in [0.15, 0.2) is 0 Å². The van der Waals surface area contributed by atoms with Gasteiger partial charge in [0.05, 0.1) is 11.6 Å². The Balaban J connectivity index is 1.68. The van der Waals surface area contributed by atoms with Crippen LogP contribution in [0.25, 0.3) is 10.9 Å². The van der Waals surface area contributed by atoms with E-state index in [9.17, 15) is 0 Å². The summed E-state index contributed by atoms with van der Waals surface area (Å²) in [5, 5.41) is 1.15. The van der Waals surface area contributed by atoms with E-state index < -0.39 is 0 Å². The van der Waals surface area contributed by atoms with Crippen LogP contribution in [0.1, 0.15) is 39.0 Å². The van der Waals surface area contributed by atoms with E-state index in [0.717, 1.165) is 22.6 Å². The van der Waals surface area contributed by atoms with E-state index in [1.54, 1.807) is 0 Å². The number of aromatic nitrogens is 1. The molecule has 0 unspecified atom stereocenters. The Morgan fingerprint density at radius 3 is 2.79 bits per heavy atom. The van der Waals surface area contributed by atoms with Crippen LogP contribution >= 0.6 is 0 Å². The maximum Gasteiger partial charge on any atom is 0.120 e. The van der Waals surface area contributed by atoms with Crippen molar-refractivity contribution < 1.29 is 4.74 Å². The van der Waals surface area contributed by atoms with Gasteiger partial charge in [0.2, 0.25) is 0 Å². The fourth-order valence-corrected chi connectivity index (χ4v) is 2.98. The predicted octanol–water partition coefficient (Wildman–Crippen LogP) is 4.58. The maximum atomic E-state index is 6.13. The Morgan fingerprint density at radius 2 is 2.00 bits per heavy atom. The molecule has 1 aromatic heterocycles. The SMILES string of the molecule is CCC1CCC(Oc2ccc3ncccc3c2)CC1. The summed E-state index contributed by atoms with van der Waals surface area (Å²) >= 11 is 0. The Bertz CT molecular complexity index is 544. The lowest BCUT2D eigenvalue weighted by atomic mass is 9.86. The van der Waals surface area contributed by atoms with Crippen LogP contribution in [0.3, 0.4) is 0 Å². The molecule has 0 aliphatic heterocycles. The van der Waals surface area contributed by atoms with Crippen LogP contribution in [-0.4, -0.2) is 11.1 Å². The van der Waals surface area contributed by atoms with E-state index in [-0.39, 0.29) is 0 Å². The van der Waals surface area contributed by atoms with E-state index >= 15 is 0 Å². The topological polar surface area (TPSA) is 22.1 Å². The van der Waals surface area contributed by atoms with Crippen LogP contribution in [-0.2, 0) is 0 Å². The van der Waals surface area contributed by atoms with Gasteiger partial charge in [-0.25, -0.2) is 0 Å². The first-order chi connectivity index (χ1) is 9.35. The second kappa shape index (κ2) is 5.60. The van der Waals surface area contributed by atoms with Crippen LogP contribution in [0.15, 0.2) is 36.5 Å². The van der Waals surface area contributed by atoms with Gasteiger partial charge in [-0.1, -0.05) is 19.4 Å². The zero-order chi connectivity index (χ0) is 13.1. The molecule has 1 fully saturated rings. The van der Waals surface area contributed by atoms with Gasteiger partial charge < -0.3 is 4.74 Å². The van der Waals surface area contributed by atoms with E-state index in [4.69, 9.17) is 4.74 Å². The Labute approximate surface area is 114 Å². The summed E-state index contributed by atoms with van der Waals surface area (Å²) < 4.78 is 6.13. The summed E-state index contributed by atoms with van der Waals surface area (Å²) in [7, 11) is 0. The van der Waals surface area contributed by atoms with Crippen LogP contribution < -0.4 is 4.74 Å². The number of fused-ring (bicyclic) bond motifs is 1. The summed E-state index contributed by atoms with van der Waals surface area (Å²) in [4.78, 5) is 4.33. The quantitative estimate of drug-likeness (QED) is 0.800. The lowest BCUT2D eigenvalue weighted by molar-refractivity contribution is 0.130. The number of hydrogen-bond donors (Lipinski definition) is 0. The number of benzene rings is 1. The average molecular weight is 255 g/mol. The molecule has 1 heterocycles. The van der Waals surface area contributed by atoms with Gasteiger partial charge in [0.1, 0.15) is 5.75 Å². The number of pyridine rings is 1. The van der Waals surface area contributed by atoms with E-state index in [2.05, 4.69) is 24.0 Å². The highest BCUT2D eigenvalue weighted by Crippen LogP contribution is 2.30. The Morgan fingerprint density at radius 1 is 1.16 bits per heavy atom. The summed E-state index contributed by atoms with van der Waals surface area (Å²) in [5.41, 5.74) is 1.03. The minimum absolute atomic E-state index is 0.400. The second-order valence-electron chi connectivity index (χ2n) is 5.53. The van der Waals surface area contributed by atoms with Crippen molar-refractivity contribution in [2.45, 2.75) is 45.1 Å². The minimum Gasteiger partial charge on any atom is -0.490 e. The first-order valence-electron chi connectivity index (χ1n) is 7.36. The van der Waals surface area contributed by atoms with Crippen molar-refractivity contribution in [1.29, 1.82) is 0 Å². The molecule has 19 heavy (non-hydrogen) atoms. The van der Waals surface area contributed by atoms with Crippen molar-refractivity contribution in [1.82, 2.24) is 4.98 Å². The second-order valence-corrected chi connectivity index (χ2v) is 5.53. The van der Waals surface area contributed by atoms with Crippen molar-refractivity contribution in [3.63, 3.8) is 0 Å². The molecule has 0 amide bonds. The van der Waals surface area contributed by atoms with Crippen LogP contribution in [0.4, 0.5) is 0 Å². The Kier molecular flexibility index (Phi) is 3.67. The van der Waals surface area contributed by atoms with Crippen molar-refractivity contribution in [3.8, 4) is 5.75 Å². The zero-order valence-corrected chi connectivity index (χ0v) is 11.5. The van der Waals surface area contributed by atoms with Crippen molar-refractivity contribution in [2.24, 2.45) is 5.92 Å². The third-order valence-corrected chi connectivity index (χ3v) is 4.25. The van der Waals surface area contributed by atoms with Gasteiger partial charge in [-0.05, 0) is 55.9 Å². The molecule has 0 N–H and O–H groups in total. The third kappa shape index (κ3) is 2.89. The molecular weight excluding hydrogens is 234 g/mol. The number of ether oxygens (including phenoxy) is 1. The van der Waals surface area contributed by atoms with Gasteiger partial charge >= 0.3 is 0 Å². The molecule has 2 aromatic rings. The molecule has 0 saturated heterocycles. The zero-order valence-electron chi connectivity index (χ0n) is 11.5. The minimum atomic E-state index is 0.400. The molecule has 1 aliphatic carbocycles. The molecule has 100 valence electrons. The summed E-state index contributed by atoms with van der Waals surface area (Å²) in [5.74, 6) is 1.90. The average Bonchev–Trinajstić information content (AvgIpc) is 2.48. The lowest BCUT2D eigenvalue weighted by Gasteiger charge is -2.28. The van der Waals surface area contributed by atoms with Crippen molar-refractivity contribution in [3.05, 3.63) is 36.5 Å². The van der Waals surface area contributed by atoms with E-state index in [1.165, 1.54) is 32.1 Å². The highest BCUT2D eigenvalue weighted by atomic mass is 16.5. The maximum absolute atomic E-state index is 6.13. The smallest absolute Gasteiger partial charge is 0.120 e. The molecular formula is C17H21NO. The standard InChI is InChI=1S/C17H21NO/c1-2-13-5-7-15(8-6-13)19-16-9-10-17-14(12-16)4-3-11-18-17/h3-4,9-13,15H,2,5-8H2,1H3. The molecule has 1 aliphatic rings. The highest BCUT2D eigenvalue weighted by molar-refractivity contribution is 5.79. The largest absolute Gasteiger partial charge is 0.490 e. The summed E-state index contributed by atoms with van der Waals surface area (Å²) in [6.07, 6.45) is 8.57. The fourth-order valence-electron chi connectivity index (χ4n) is 2.98. The number of rotatable bonds is 3. The molecule has 0 spiro atoms. The van der Waals surface area contributed by atoms with Gasteiger partial charge in [-0.3, -0.25) is 4.98 Å². The van der Waals surface area contributed by atoms with Crippen molar-refractivity contribution >= 4 is 10.9 Å². The van der Waals surface area contributed by atoms with Gasteiger partial charge in [-0.2, -0.15) is 0 Å². The Hall–Kier alpha value is -1.57. The van der Waals surface area contributed by atoms with Gasteiger partial charge in [-0.15, -0.1) is 0 Å². The molecule has 0 radical (unpaired) electrons. The van der Waals surface area contributed by atoms with Gasteiger partial charge in [0.25, 0.3) is 0 Å². The molecule has 3 rings (SSSR count). The normalized spacial score (nSPS) is 23.4. The molecule has 1 aromatic carbocycles. The number of nitrogens with zero attached hydrogens (tertiary/aromatic N) is 1. The fraction of sp³-hybridized carbons (Fsp3) is 0.471. The molecule has 2 nitrogen and oxygen atoms in total. The lowest BCUT2D eigenvalue weighted by Crippen LogP contribution is -2.23. The van der Waals surface area contributed by atoms with Crippen molar-refractivity contribution in [2.75, 3.05) is 0 Å².